The maximum Gasteiger partial charge on any atom is 0.330 e. The molecule has 4 heteroatoms. The highest BCUT2D eigenvalue weighted by atomic mass is 16.6. The van der Waals surface area contributed by atoms with Crippen molar-refractivity contribution in [2.45, 2.75) is 46.1 Å². The third-order valence-corrected chi connectivity index (χ3v) is 1.70. The minimum absolute atomic E-state index is 0.264. The molecule has 0 rings (SSSR count). The second-order valence-corrected chi connectivity index (χ2v) is 3.78. The highest BCUT2D eigenvalue weighted by Gasteiger charge is 2.19. The van der Waals surface area contributed by atoms with Gasteiger partial charge in [-0.05, 0) is 18.8 Å². The summed E-state index contributed by atoms with van der Waals surface area (Å²) < 4.78 is 4.55. The molecule has 0 amide bonds. The maximum atomic E-state index is 11.2. The molecular formula is C10H19NO3. The summed E-state index contributed by atoms with van der Waals surface area (Å²) in [5, 5.41) is 0. The Morgan fingerprint density at radius 2 is 1.93 bits per heavy atom. The van der Waals surface area contributed by atoms with Crippen molar-refractivity contribution in [2.24, 2.45) is 11.7 Å². The molecular weight excluding hydrogens is 182 g/mol. The van der Waals surface area contributed by atoms with Crippen molar-refractivity contribution in [1.82, 2.24) is 0 Å². The average Bonchev–Trinajstić information content (AvgIpc) is 2.02. The molecule has 1 unspecified atom stereocenters. The molecule has 1 atom stereocenters. The van der Waals surface area contributed by atoms with Crippen molar-refractivity contribution in [3.63, 3.8) is 0 Å². The zero-order chi connectivity index (χ0) is 11.1. The Balaban J connectivity index is 3.89. The molecule has 14 heavy (non-hydrogen) atoms. The smallest absolute Gasteiger partial charge is 0.330 e. The Labute approximate surface area is 84.8 Å². The largest absolute Gasteiger partial charge is 0.392 e. The first-order valence-electron chi connectivity index (χ1n) is 4.97. The molecule has 2 N–H and O–H groups in total. The molecule has 0 aromatic heterocycles. The molecule has 0 saturated carbocycles. The first-order chi connectivity index (χ1) is 6.47. The summed E-state index contributed by atoms with van der Waals surface area (Å²) in [6, 6.07) is -0.684. The van der Waals surface area contributed by atoms with E-state index >= 15 is 0 Å². The molecule has 0 heterocycles. The van der Waals surface area contributed by atoms with Gasteiger partial charge in [-0.3, -0.25) is 4.79 Å². The summed E-state index contributed by atoms with van der Waals surface area (Å²) in [5.41, 5.74) is 5.54. The lowest BCUT2D eigenvalue weighted by molar-refractivity contribution is -0.160. The van der Waals surface area contributed by atoms with E-state index in [0.717, 1.165) is 0 Å². The number of hydrogen-bond acceptors (Lipinski definition) is 4. The van der Waals surface area contributed by atoms with E-state index in [1.54, 1.807) is 0 Å². The van der Waals surface area contributed by atoms with Gasteiger partial charge < -0.3 is 10.5 Å². The summed E-state index contributed by atoms with van der Waals surface area (Å²) in [5.74, 6) is -0.785. The van der Waals surface area contributed by atoms with E-state index in [9.17, 15) is 9.59 Å². The van der Waals surface area contributed by atoms with Gasteiger partial charge in [0.15, 0.2) is 0 Å². The van der Waals surface area contributed by atoms with Crippen molar-refractivity contribution in [2.75, 3.05) is 0 Å². The second-order valence-electron chi connectivity index (χ2n) is 3.78. The molecule has 4 nitrogen and oxygen atoms in total. The van der Waals surface area contributed by atoms with E-state index in [2.05, 4.69) is 4.74 Å². The summed E-state index contributed by atoms with van der Waals surface area (Å²) in [6.45, 7) is 5.77. The number of carbonyl (C=O) groups is 2. The summed E-state index contributed by atoms with van der Waals surface area (Å²) >= 11 is 0. The zero-order valence-electron chi connectivity index (χ0n) is 9.08. The Kier molecular flexibility index (Phi) is 6.12. The molecule has 0 fully saturated rings. The van der Waals surface area contributed by atoms with Crippen LogP contribution in [0.1, 0.15) is 40.0 Å². The normalized spacial score (nSPS) is 12.6. The van der Waals surface area contributed by atoms with Crippen LogP contribution in [0.4, 0.5) is 0 Å². The van der Waals surface area contributed by atoms with E-state index in [4.69, 9.17) is 5.73 Å². The van der Waals surface area contributed by atoms with Crippen LogP contribution in [-0.4, -0.2) is 18.0 Å². The van der Waals surface area contributed by atoms with Crippen molar-refractivity contribution >= 4 is 11.9 Å². The molecule has 0 aromatic rings. The number of esters is 2. The van der Waals surface area contributed by atoms with Crippen LogP contribution in [0.2, 0.25) is 0 Å². The topological polar surface area (TPSA) is 69.4 Å². The standard InChI is InChI=1S/C10H19NO3/c1-4-5-9(12)14-10(13)8(11)6-7(2)3/h7-8H,4-6,11H2,1-3H3. The van der Waals surface area contributed by atoms with Gasteiger partial charge in [0, 0.05) is 6.42 Å². The average molecular weight is 201 g/mol. The highest BCUT2D eigenvalue weighted by molar-refractivity contribution is 5.88. The number of carbonyl (C=O) groups excluding carboxylic acids is 2. The Bertz CT molecular complexity index is 202. The SMILES string of the molecule is CCCC(=O)OC(=O)C(N)CC(C)C. The van der Waals surface area contributed by atoms with E-state index in [0.29, 0.717) is 18.8 Å². The first-order valence-corrected chi connectivity index (χ1v) is 4.97. The van der Waals surface area contributed by atoms with Crippen LogP contribution in [0.25, 0.3) is 0 Å². The number of hydrogen-bond donors (Lipinski definition) is 1. The van der Waals surface area contributed by atoms with Crippen LogP contribution in [0.3, 0.4) is 0 Å². The molecule has 0 bridgehead atoms. The Morgan fingerprint density at radius 3 is 2.36 bits per heavy atom. The van der Waals surface area contributed by atoms with Crippen LogP contribution in [0, 0.1) is 5.92 Å². The van der Waals surface area contributed by atoms with Gasteiger partial charge in [-0.2, -0.15) is 0 Å². The molecule has 0 spiro atoms. The van der Waals surface area contributed by atoms with Crippen LogP contribution < -0.4 is 5.73 Å². The molecule has 0 aromatic carbocycles. The Hall–Kier alpha value is -0.900. The molecule has 0 aliphatic carbocycles. The lowest BCUT2D eigenvalue weighted by Crippen LogP contribution is -2.34. The molecule has 0 aliphatic rings. The minimum atomic E-state index is -0.684. The van der Waals surface area contributed by atoms with E-state index < -0.39 is 18.0 Å². The first kappa shape index (κ1) is 13.1. The number of ether oxygens (including phenoxy) is 1. The number of rotatable bonds is 5. The highest BCUT2D eigenvalue weighted by Crippen LogP contribution is 2.04. The summed E-state index contributed by atoms with van der Waals surface area (Å²) in [7, 11) is 0. The Morgan fingerprint density at radius 1 is 1.36 bits per heavy atom. The van der Waals surface area contributed by atoms with Gasteiger partial charge in [-0.1, -0.05) is 20.8 Å². The summed E-state index contributed by atoms with van der Waals surface area (Å²) in [4.78, 5) is 22.1. The van der Waals surface area contributed by atoms with Crippen LogP contribution in [0.15, 0.2) is 0 Å². The monoisotopic (exact) mass is 201 g/mol. The predicted molar refractivity (Wildman–Crippen MR) is 53.4 cm³/mol. The molecule has 82 valence electrons. The van der Waals surface area contributed by atoms with Crippen LogP contribution in [0.5, 0.6) is 0 Å². The van der Waals surface area contributed by atoms with Gasteiger partial charge in [0.1, 0.15) is 6.04 Å². The predicted octanol–water partition coefficient (Wildman–Crippen LogP) is 1.23. The van der Waals surface area contributed by atoms with Crippen molar-refractivity contribution in [3.05, 3.63) is 0 Å². The van der Waals surface area contributed by atoms with Gasteiger partial charge in [-0.25, -0.2) is 4.79 Å². The quantitative estimate of drug-likeness (QED) is 0.536. The molecule has 0 radical (unpaired) electrons. The fourth-order valence-corrected chi connectivity index (χ4v) is 1.05. The van der Waals surface area contributed by atoms with Gasteiger partial charge in [0.05, 0.1) is 0 Å². The van der Waals surface area contributed by atoms with Gasteiger partial charge in [-0.15, -0.1) is 0 Å². The second kappa shape index (κ2) is 6.54. The fourth-order valence-electron chi connectivity index (χ4n) is 1.05. The van der Waals surface area contributed by atoms with Crippen molar-refractivity contribution in [1.29, 1.82) is 0 Å². The van der Waals surface area contributed by atoms with Gasteiger partial charge >= 0.3 is 11.9 Å². The third-order valence-electron chi connectivity index (χ3n) is 1.70. The van der Waals surface area contributed by atoms with Gasteiger partial charge in [0.2, 0.25) is 0 Å². The zero-order valence-corrected chi connectivity index (χ0v) is 9.08. The van der Waals surface area contributed by atoms with E-state index in [1.165, 1.54) is 0 Å². The van der Waals surface area contributed by atoms with Crippen LogP contribution in [-0.2, 0) is 14.3 Å². The van der Waals surface area contributed by atoms with Crippen LogP contribution >= 0.6 is 0 Å². The summed E-state index contributed by atoms with van der Waals surface area (Å²) in [6.07, 6.45) is 1.48. The van der Waals surface area contributed by atoms with E-state index in [-0.39, 0.29) is 6.42 Å². The molecule has 0 aliphatic heterocycles. The maximum absolute atomic E-state index is 11.2. The van der Waals surface area contributed by atoms with Crippen molar-refractivity contribution in [3.8, 4) is 0 Å². The number of nitrogens with two attached hydrogens (primary N) is 1. The third kappa shape index (κ3) is 5.70. The molecule has 0 saturated heterocycles. The lowest BCUT2D eigenvalue weighted by Gasteiger charge is -2.11. The fraction of sp³-hybridized carbons (Fsp3) is 0.800. The van der Waals surface area contributed by atoms with E-state index in [1.807, 2.05) is 20.8 Å². The van der Waals surface area contributed by atoms with Crippen molar-refractivity contribution < 1.29 is 14.3 Å². The van der Waals surface area contributed by atoms with Gasteiger partial charge in [0.25, 0.3) is 0 Å². The minimum Gasteiger partial charge on any atom is -0.392 e. The lowest BCUT2D eigenvalue weighted by atomic mass is 10.1.